The number of imide groups is 1. The Morgan fingerprint density at radius 1 is 1.04 bits per heavy atom. The predicted octanol–water partition coefficient (Wildman–Crippen LogP) is 2.13. The first-order valence-electron chi connectivity index (χ1n) is 8.18. The number of nitrogens with zero attached hydrogens (tertiary/aromatic N) is 1. The van der Waals surface area contributed by atoms with Gasteiger partial charge in [0.05, 0.1) is 11.1 Å². The number of hydrogen-bond acceptors (Lipinski definition) is 5. The third-order valence-electron chi connectivity index (χ3n) is 4.10. The third-order valence-corrected chi connectivity index (χ3v) is 4.10. The lowest BCUT2D eigenvalue weighted by Crippen LogP contribution is -2.44. The van der Waals surface area contributed by atoms with Crippen molar-refractivity contribution in [1.82, 2.24) is 4.90 Å². The second-order valence-electron chi connectivity index (χ2n) is 5.99. The molecule has 0 unspecified atom stereocenters. The summed E-state index contributed by atoms with van der Waals surface area (Å²) < 4.78 is 30.8. The third kappa shape index (κ3) is 3.59. The molecule has 1 heterocycles. The molecule has 0 spiro atoms. The van der Waals surface area contributed by atoms with Gasteiger partial charge in [-0.2, -0.15) is 0 Å². The number of rotatable bonds is 5. The van der Waals surface area contributed by atoms with Gasteiger partial charge in [-0.1, -0.05) is 12.1 Å². The van der Waals surface area contributed by atoms with Crippen molar-refractivity contribution in [2.45, 2.75) is 13.0 Å². The standard InChI is InChI=1S/C19H14F2N2O5/c1-10(23-17(25)12-4-2-3-5-13(12)18(23)26)19(27)28-9-16(24)22-11-6-7-14(20)15(21)8-11/h2-8,10H,9H2,1H3,(H,22,24)/t10-/m1/s1. The lowest BCUT2D eigenvalue weighted by Gasteiger charge is -2.20. The van der Waals surface area contributed by atoms with Gasteiger partial charge in [-0.15, -0.1) is 0 Å². The molecule has 1 aliphatic rings. The molecule has 1 aliphatic heterocycles. The van der Waals surface area contributed by atoms with Crippen LogP contribution in [-0.2, 0) is 14.3 Å². The number of hydrogen-bond donors (Lipinski definition) is 1. The molecule has 0 aromatic heterocycles. The van der Waals surface area contributed by atoms with E-state index in [0.29, 0.717) is 0 Å². The molecule has 7 nitrogen and oxygen atoms in total. The first-order valence-corrected chi connectivity index (χ1v) is 8.18. The van der Waals surface area contributed by atoms with Crippen LogP contribution in [0.25, 0.3) is 0 Å². The van der Waals surface area contributed by atoms with Crippen molar-refractivity contribution in [3.8, 4) is 0 Å². The molecule has 144 valence electrons. The Balaban J connectivity index is 1.59. The van der Waals surface area contributed by atoms with Crippen LogP contribution >= 0.6 is 0 Å². The summed E-state index contributed by atoms with van der Waals surface area (Å²) >= 11 is 0. The minimum Gasteiger partial charge on any atom is -0.454 e. The predicted molar refractivity (Wildman–Crippen MR) is 92.4 cm³/mol. The highest BCUT2D eigenvalue weighted by molar-refractivity contribution is 6.22. The Hall–Kier alpha value is -3.62. The van der Waals surface area contributed by atoms with E-state index in [1.54, 1.807) is 12.1 Å². The molecule has 0 saturated heterocycles. The maximum absolute atomic E-state index is 13.1. The van der Waals surface area contributed by atoms with Crippen molar-refractivity contribution < 1.29 is 32.7 Å². The number of fused-ring (bicyclic) bond motifs is 1. The number of halogens is 2. The van der Waals surface area contributed by atoms with E-state index in [9.17, 15) is 28.0 Å². The van der Waals surface area contributed by atoms with Crippen LogP contribution in [0.5, 0.6) is 0 Å². The number of benzene rings is 2. The van der Waals surface area contributed by atoms with Crippen LogP contribution in [0.3, 0.4) is 0 Å². The van der Waals surface area contributed by atoms with Gasteiger partial charge >= 0.3 is 5.97 Å². The normalized spacial score (nSPS) is 13.9. The number of ether oxygens (including phenoxy) is 1. The van der Waals surface area contributed by atoms with Gasteiger partial charge in [-0.25, -0.2) is 13.6 Å². The molecular weight excluding hydrogens is 374 g/mol. The molecule has 3 amide bonds. The average Bonchev–Trinajstić information content (AvgIpc) is 2.93. The zero-order chi connectivity index (χ0) is 20.4. The monoisotopic (exact) mass is 388 g/mol. The molecule has 0 bridgehead atoms. The van der Waals surface area contributed by atoms with E-state index in [4.69, 9.17) is 4.74 Å². The zero-order valence-electron chi connectivity index (χ0n) is 14.6. The molecule has 0 aliphatic carbocycles. The molecule has 3 rings (SSSR count). The summed E-state index contributed by atoms with van der Waals surface area (Å²) in [5.41, 5.74) is 0.347. The second-order valence-corrected chi connectivity index (χ2v) is 5.99. The topological polar surface area (TPSA) is 92.8 Å². The SMILES string of the molecule is C[C@H](C(=O)OCC(=O)Nc1ccc(F)c(F)c1)N1C(=O)c2ccccc2C1=O. The number of esters is 1. The molecule has 2 aromatic carbocycles. The van der Waals surface area contributed by atoms with Crippen LogP contribution in [0.2, 0.25) is 0 Å². The summed E-state index contributed by atoms with van der Waals surface area (Å²) in [6.07, 6.45) is 0. The lowest BCUT2D eigenvalue weighted by atomic mass is 10.1. The van der Waals surface area contributed by atoms with Gasteiger partial charge in [0.1, 0.15) is 6.04 Å². The summed E-state index contributed by atoms with van der Waals surface area (Å²) in [7, 11) is 0. The highest BCUT2D eigenvalue weighted by Crippen LogP contribution is 2.24. The molecule has 0 saturated carbocycles. The van der Waals surface area contributed by atoms with E-state index in [0.717, 1.165) is 23.1 Å². The molecular formula is C19H14F2N2O5. The van der Waals surface area contributed by atoms with E-state index < -0.39 is 48.0 Å². The van der Waals surface area contributed by atoms with Crippen molar-refractivity contribution in [3.63, 3.8) is 0 Å². The van der Waals surface area contributed by atoms with Crippen LogP contribution in [-0.4, -0.2) is 41.2 Å². The minimum absolute atomic E-state index is 0.0201. The number of carbonyl (C=O) groups excluding carboxylic acids is 4. The smallest absolute Gasteiger partial charge is 0.329 e. The van der Waals surface area contributed by atoms with Gasteiger partial charge in [0.2, 0.25) is 0 Å². The van der Waals surface area contributed by atoms with Gasteiger partial charge in [0.15, 0.2) is 18.2 Å². The van der Waals surface area contributed by atoms with Crippen LogP contribution < -0.4 is 5.32 Å². The summed E-state index contributed by atoms with van der Waals surface area (Å²) in [6.45, 7) is 0.572. The average molecular weight is 388 g/mol. The number of carbonyl (C=O) groups is 4. The van der Waals surface area contributed by atoms with Crippen LogP contribution in [0.1, 0.15) is 27.6 Å². The van der Waals surface area contributed by atoms with E-state index >= 15 is 0 Å². The van der Waals surface area contributed by atoms with E-state index in [1.807, 2.05) is 0 Å². The minimum atomic E-state index is -1.25. The Kier molecular flexibility index (Phi) is 5.16. The number of anilines is 1. The molecule has 1 N–H and O–H groups in total. The largest absolute Gasteiger partial charge is 0.454 e. The van der Waals surface area contributed by atoms with Gasteiger partial charge < -0.3 is 10.1 Å². The van der Waals surface area contributed by atoms with Crippen LogP contribution in [0.4, 0.5) is 14.5 Å². The molecule has 0 radical (unpaired) electrons. The fourth-order valence-corrected chi connectivity index (χ4v) is 2.69. The van der Waals surface area contributed by atoms with Crippen molar-refractivity contribution in [3.05, 3.63) is 65.2 Å². The summed E-state index contributed by atoms with van der Waals surface area (Å²) in [5, 5.41) is 2.24. The van der Waals surface area contributed by atoms with Crippen molar-refractivity contribution >= 4 is 29.4 Å². The number of amides is 3. The summed E-state index contributed by atoms with van der Waals surface area (Å²) in [5.74, 6) is -5.23. The maximum atomic E-state index is 13.1. The van der Waals surface area contributed by atoms with Gasteiger partial charge in [0.25, 0.3) is 17.7 Å². The zero-order valence-corrected chi connectivity index (χ0v) is 14.6. The summed E-state index contributed by atoms with van der Waals surface area (Å²) in [4.78, 5) is 49.4. The van der Waals surface area contributed by atoms with E-state index in [2.05, 4.69) is 5.32 Å². The highest BCUT2D eigenvalue weighted by Gasteiger charge is 2.41. The molecule has 28 heavy (non-hydrogen) atoms. The molecule has 9 heteroatoms. The lowest BCUT2D eigenvalue weighted by molar-refractivity contribution is -0.150. The highest BCUT2D eigenvalue weighted by atomic mass is 19.2. The number of nitrogens with one attached hydrogen (secondary N) is 1. The summed E-state index contributed by atoms with van der Waals surface area (Å²) in [6, 6.07) is 7.64. The van der Waals surface area contributed by atoms with Crippen molar-refractivity contribution in [2.75, 3.05) is 11.9 Å². The van der Waals surface area contributed by atoms with Gasteiger partial charge in [-0.05, 0) is 31.2 Å². The van der Waals surface area contributed by atoms with E-state index in [-0.39, 0.29) is 16.8 Å². The Bertz CT molecular complexity index is 957. The fraction of sp³-hybridized carbons (Fsp3) is 0.158. The Morgan fingerprint density at radius 3 is 2.21 bits per heavy atom. The molecule has 0 fully saturated rings. The first-order chi connectivity index (χ1) is 13.3. The fourth-order valence-electron chi connectivity index (χ4n) is 2.69. The van der Waals surface area contributed by atoms with Gasteiger partial charge in [0, 0.05) is 11.8 Å². The molecule has 2 aromatic rings. The molecule has 1 atom stereocenters. The first kappa shape index (κ1) is 19.2. The van der Waals surface area contributed by atoms with Gasteiger partial charge in [-0.3, -0.25) is 19.3 Å². The maximum Gasteiger partial charge on any atom is 0.329 e. The van der Waals surface area contributed by atoms with Crippen LogP contribution in [0, 0.1) is 11.6 Å². The quantitative estimate of drug-likeness (QED) is 0.626. The Labute approximate surface area is 157 Å². The van der Waals surface area contributed by atoms with E-state index in [1.165, 1.54) is 19.1 Å². The second kappa shape index (κ2) is 7.55. The van der Waals surface area contributed by atoms with Crippen molar-refractivity contribution in [2.24, 2.45) is 0 Å². The van der Waals surface area contributed by atoms with Crippen molar-refractivity contribution in [1.29, 1.82) is 0 Å². The Morgan fingerprint density at radius 2 is 1.64 bits per heavy atom. The van der Waals surface area contributed by atoms with Crippen LogP contribution in [0.15, 0.2) is 42.5 Å².